The van der Waals surface area contributed by atoms with E-state index in [1.165, 1.54) is 0 Å². The third-order valence-electron chi connectivity index (χ3n) is 2.40. The van der Waals surface area contributed by atoms with Gasteiger partial charge >= 0.3 is 0 Å². The summed E-state index contributed by atoms with van der Waals surface area (Å²) in [6.45, 7) is 0.356. The number of hydrogen-bond acceptors (Lipinski definition) is 3. The Kier molecular flexibility index (Phi) is 3.53. The number of halogens is 1. The molecule has 18 heavy (non-hydrogen) atoms. The Morgan fingerprint density at radius 2 is 2.33 bits per heavy atom. The van der Waals surface area contributed by atoms with Gasteiger partial charge in [0.2, 0.25) is 0 Å². The van der Waals surface area contributed by atoms with E-state index in [1.807, 2.05) is 13.2 Å². The number of nitrogens with zero attached hydrogens (tertiary/aromatic N) is 2. The van der Waals surface area contributed by atoms with Gasteiger partial charge in [-0.05, 0) is 12.1 Å². The van der Waals surface area contributed by atoms with Crippen LogP contribution in [0.3, 0.4) is 0 Å². The first-order valence-corrected chi connectivity index (χ1v) is 5.69. The van der Waals surface area contributed by atoms with Crippen LogP contribution in [0.2, 0.25) is 5.02 Å². The summed E-state index contributed by atoms with van der Waals surface area (Å²) in [4.78, 5) is 0. The van der Waals surface area contributed by atoms with Crippen molar-refractivity contribution in [3.8, 4) is 5.75 Å². The Morgan fingerprint density at radius 1 is 1.56 bits per heavy atom. The number of hydrogen-bond donors (Lipinski definition) is 2. The summed E-state index contributed by atoms with van der Waals surface area (Å²) >= 11 is 5.99. The van der Waals surface area contributed by atoms with E-state index in [0.29, 0.717) is 22.9 Å². The summed E-state index contributed by atoms with van der Waals surface area (Å²) in [6, 6.07) is 5.17. The Labute approximate surface area is 110 Å². The highest BCUT2D eigenvalue weighted by molar-refractivity contribution is 6.34. The first-order chi connectivity index (χ1) is 8.58. The van der Waals surface area contributed by atoms with Crippen molar-refractivity contribution < 1.29 is 4.74 Å². The van der Waals surface area contributed by atoms with Crippen molar-refractivity contribution in [3.05, 3.63) is 46.7 Å². The normalized spacial score (nSPS) is 10.3. The number of benzene rings is 1. The maximum absolute atomic E-state index is 7.50. The van der Waals surface area contributed by atoms with Crippen molar-refractivity contribution in [2.45, 2.75) is 6.61 Å². The van der Waals surface area contributed by atoms with Crippen LogP contribution in [0.4, 0.5) is 0 Å². The fourth-order valence-electron chi connectivity index (χ4n) is 1.59. The molecule has 0 radical (unpaired) electrons. The zero-order valence-electron chi connectivity index (χ0n) is 9.85. The van der Waals surface area contributed by atoms with Gasteiger partial charge in [0.05, 0.1) is 16.8 Å². The van der Waals surface area contributed by atoms with Crippen molar-refractivity contribution in [3.63, 3.8) is 0 Å². The lowest BCUT2D eigenvalue weighted by atomic mass is 10.2. The molecule has 2 aromatic rings. The summed E-state index contributed by atoms with van der Waals surface area (Å²) in [5.41, 5.74) is 6.85. The van der Waals surface area contributed by atoms with Crippen LogP contribution >= 0.6 is 11.6 Å². The molecule has 0 saturated carbocycles. The molecule has 2 rings (SSSR count). The van der Waals surface area contributed by atoms with Crippen LogP contribution in [0.5, 0.6) is 5.75 Å². The Morgan fingerprint density at radius 3 is 2.94 bits per heavy atom. The number of nitrogen functional groups attached to an aromatic ring is 1. The summed E-state index contributed by atoms with van der Waals surface area (Å²) in [6.07, 6.45) is 3.58. The molecule has 3 N–H and O–H groups in total. The van der Waals surface area contributed by atoms with Crippen LogP contribution in [0.15, 0.2) is 30.6 Å². The summed E-state index contributed by atoms with van der Waals surface area (Å²) in [5, 5.41) is 12.0. The SMILES string of the molecule is Cn1cc(COc2cccc(Cl)c2C(=N)N)cn1. The number of nitrogens with two attached hydrogens (primary N) is 1. The van der Waals surface area contributed by atoms with Gasteiger partial charge in [-0.1, -0.05) is 17.7 Å². The van der Waals surface area contributed by atoms with Gasteiger partial charge in [0.15, 0.2) is 0 Å². The number of amidine groups is 1. The van der Waals surface area contributed by atoms with Crippen LogP contribution < -0.4 is 10.5 Å². The summed E-state index contributed by atoms with van der Waals surface area (Å²) in [7, 11) is 1.84. The first kappa shape index (κ1) is 12.4. The molecule has 0 aliphatic rings. The molecule has 0 fully saturated rings. The molecule has 0 unspecified atom stereocenters. The van der Waals surface area contributed by atoms with Crippen molar-refractivity contribution >= 4 is 17.4 Å². The molecule has 94 valence electrons. The summed E-state index contributed by atoms with van der Waals surface area (Å²) in [5.74, 6) is 0.389. The van der Waals surface area contributed by atoms with Crippen LogP contribution in [0.1, 0.15) is 11.1 Å². The highest BCUT2D eigenvalue weighted by atomic mass is 35.5. The smallest absolute Gasteiger partial charge is 0.132 e. The lowest BCUT2D eigenvalue weighted by molar-refractivity contribution is 0.305. The van der Waals surface area contributed by atoms with E-state index in [4.69, 9.17) is 27.5 Å². The molecule has 0 amide bonds. The molecular weight excluding hydrogens is 252 g/mol. The van der Waals surface area contributed by atoms with Crippen LogP contribution in [-0.2, 0) is 13.7 Å². The minimum Gasteiger partial charge on any atom is -0.488 e. The van der Waals surface area contributed by atoms with Gasteiger partial charge in [0.25, 0.3) is 0 Å². The molecule has 1 aromatic heterocycles. The minimum atomic E-state index is -0.109. The predicted molar refractivity (Wildman–Crippen MR) is 70.0 cm³/mol. The van der Waals surface area contributed by atoms with Crippen LogP contribution in [0, 0.1) is 5.41 Å². The standard InChI is InChI=1S/C12H13ClN4O/c1-17-6-8(5-16-17)7-18-10-4-2-3-9(13)11(10)12(14)15/h2-6H,7H2,1H3,(H3,14,15). The van der Waals surface area contributed by atoms with Crippen molar-refractivity contribution in [1.29, 1.82) is 5.41 Å². The predicted octanol–water partition coefficient (Wildman–Crippen LogP) is 1.94. The Bertz CT molecular complexity index is 579. The van der Waals surface area contributed by atoms with Gasteiger partial charge in [-0.2, -0.15) is 5.10 Å². The second-order valence-electron chi connectivity index (χ2n) is 3.84. The molecule has 1 aromatic carbocycles. The van der Waals surface area contributed by atoms with Crippen molar-refractivity contribution in [1.82, 2.24) is 9.78 Å². The lowest BCUT2D eigenvalue weighted by Gasteiger charge is -2.11. The second kappa shape index (κ2) is 5.10. The van der Waals surface area contributed by atoms with Gasteiger partial charge in [0.1, 0.15) is 18.2 Å². The van der Waals surface area contributed by atoms with Crippen LogP contribution in [0.25, 0.3) is 0 Å². The fraction of sp³-hybridized carbons (Fsp3) is 0.167. The van der Waals surface area contributed by atoms with Gasteiger partial charge in [0, 0.05) is 18.8 Å². The van der Waals surface area contributed by atoms with E-state index in [2.05, 4.69) is 5.10 Å². The third-order valence-corrected chi connectivity index (χ3v) is 2.71. The third kappa shape index (κ3) is 2.62. The van der Waals surface area contributed by atoms with Crippen molar-refractivity contribution in [2.24, 2.45) is 12.8 Å². The zero-order valence-corrected chi connectivity index (χ0v) is 10.6. The number of ether oxygens (including phenoxy) is 1. The Balaban J connectivity index is 2.19. The van der Waals surface area contributed by atoms with Gasteiger partial charge < -0.3 is 10.5 Å². The fourth-order valence-corrected chi connectivity index (χ4v) is 1.86. The Hall–Kier alpha value is -2.01. The topological polar surface area (TPSA) is 76.9 Å². The highest BCUT2D eigenvalue weighted by Gasteiger charge is 2.11. The monoisotopic (exact) mass is 264 g/mol. The molecule has 0 saturated heterocycles. The van der Waals surface area contributed by atoms with E-state index >= 15 is 0 Å². The van der Waals surface area contributed by atoms with E-state index in [0.717, 1.165) is 5.56 Å². The van der Waals surface area contributed by atoms with Gasteiger partial charge in [-0.25, -0.2) is 0 Å². The average molecular weight is 265 g/mol. The molecule has 0 aliphatic carbocycles. The average Bonchev–Trinajstić information content (AvgIpc) is 2.72. The lowest BCUT2D eigenvalue weighted by Crippen LogP contribution is -2.13. The molecule has 0 aliphatic heterocycles. The highest BCUT2D eigenvalue weighted by Crippen LogP contribution is 2.26. The number of rotatable bonds is 4. The van der Waals surface area contributed by atoms with E-state index in [1.54, 1.807) is 29.1 Å². The molecule has 1 heterocycles. The molecule has 0 spiro atoms. The van der Waals surface area contributed by atoms with Crippen molar-refractivity contribution in [2.75, 3.05) is 0 Å². The molecule has 6 heteroatoms. The quantitative estimate of drug-likeness (QED) is 0.654. The second-order valence-corrected chi connectivity index (χ2v) is 4.24. The van der Waals surface area contributed by atoms with E-state index < -0.39 is 0 Å². The van der Waals surface area contributed by atoms with E-state index in [-0.39, 0.29) is 5.84 Å². The van der Waals surface area contributed by atoms with E-state index in [9.17, 15) is 0 Å². The molecular formula is C12H13ClN4O. The zero-order chi connectivity index (χ0) is 13.1. The maximum atomic E-state index is 7.50. The first-order valence-electron chi connectivity index (χ1n) is 5.31. The largest absolute Gasteiger partial charge is 0.488 e. The number of aromatic nitrogens is 2. The van der Waals surface area contributed by atoms with Crippen LogP contribution in [-0.4, -0.2) is 15.6 Å². The van der Waals surface area contributed by atoms with Gasteiger partial charge in [-0.3, -0.25) is 10.1 Å². The molecule has 0 atom stereocenters. The number of aryl methyl sites for hydroxylation is 1. The minimum absolute atomic E-state index is 0.109. The maximum Gasteiger partial charge on any atom is 0.132 e. The number of nitrogens with one attached hydrogen (secondary N) is 1. The molecule has 5 nitrogen and oxygen atoms in total. The molecule has 0 bridgehead atoms. The summed E-state index contributed by atoms with van der Waals surface area (Å²) < 4.78 is 7.32. The van der Waals surface area contributed by atoms with Gasteiger partial charge in [-0.15, -0.1) is 0 Å².